The van der Waals surface area contributed by atoms with Crippen LogP contribution in [0.5, 0.6) is 0 Å². The lowest BCUT2D eigenvalue weighted by Gasteiger charge is -2.11. The number of halogens is 2. The summed E-state index contributed by atoms with van der Waals surface area (Å²) < 4.78 is 27.1. The maximum Gasteiger partial charge on any atom is 0.262 e. The van der Waals surface area contributed by atoms with Gasteiger partial charge in [-0.2, -0.15) is 0 Å². The molecule has 1 N–H and O–H groups in total. The Kier molecular flexibility index (Phi) is 4.67. The zero-order valence-electron chi connectivity index (χ0n) is 10.6. The summed E-state index contributed by atoms with van der Waals surface area (Å²) in [5.74, 6) is 0. The number of nitrogens with one attached hydrogen (secondary N) is 1. The quantitative estimate of drug-likeness (QED) is 0.654. The third kappa shape index (κ3) is 3.31. The molecule has 4 nitrogen and oxygen atoms in total. The standard InChI is InChI=1S/C13H12BrClN2O2S/c1-9-6-7-16-13(15)12(9)17-20(18,19)11-4-2-10(8-14)3-5-11/h2-7,17H,8H2,1H3. The molecular formula is C13H12BrClN2O2S. The highest BCUT2D eigenvalue weighted by Gasteiger charge is 2.17. The second-order valence-corrected chi connectivity index (χ2v) is 6.78. The lowest BCUT2D eigenvalue weighted by molar-refractivity contribution is 0.601. The van der Waals surface area contributed by atoms with Crippen molar-refractivity contribution in [3.05, 3.63) is 52.8 Å². The first kappa shape index (κ1) is 15.3. The average molecular weight is 376 g/mol. The number of benzene rings is 1. The fraction of sp³-hybridized carbons (Fsp3) is 0.154. The molecule has 0 atom stereocenters. The van der Waals surface area contributed by atoms with E-state index in [9.17, 15) is 8.42 Å². The number of anilines is 1. The van der Waals surface area contributed by atoms with Crippen LogP contribution in [-0.2, 0) is 15.4 Å². The molecule has 1 aromatic carbocycles. The van der Waals surface area contributed by atoms with Crippen molar-refractivity contribution >= 4 is 43.2 Å². The highest BCUT2D eigenvalue weighted by atomic mass is 79.9. The van der Waals surface area contributed by atoms with E-state index in [1.165, 1.54) is 6.20 Å². The minimum Gasteiger partial charge on any atom is -0.276 e. The molecule has 106 valence electrons. The van der Waals surface area contributed by atoms with Gasteiger partial charge in [-0.25, -0.2) is 13.4 Å². The summed E-state index contributed by atoms with van der Waals surface area (Å²) in [6, 6.07) is 8.30. The Balaban J connectivity index is 2.35. The molecule has 0 saturated carbocycles. The van der Waals surface area contributed by atoms with Crippen molar-refractivity contribution in [1.82, 2.24) is 4.98 Å². The van der Waals surface area contributed by atoms with Crippen molar-refractivity contribution < 1.29 is 8.42 Å². The van der Waals surface area contributed by atoms with Crippen LogP contribution < -0.4 is 4.72 Å². The smallest absolute Gasteiger partial charge is 0.262 e. The molecule has 0 radical (unpaired) electrons. The van der Waals surface area contributed by atoms with E-state index >= 15 is 0 Å². The van der Waals surface area contributed by atoms with Gasteiger partial charge in [0.25, 0.3) is 10.0 Å². The highest BCUT2D eigenvalue weighted by molar-refractivity contribution is 9.08. The van der Waals surface area contributed by atoms with Crippen LogP contribution in [0.1, 0.15) is 11.1 Å². The third-order valence-corrected chi connectivity index (χ3v) is 5.04. The second kappa shape index (κ2) is 6.11. The van der Waals surface area contributed by atoms with Gasteiger partial charge in [0.15, 0.2) is 5.15 Å². The predicted molar refractivity (Wildman–Crippen MR) is 83.9 cm³/mol. The van der Waals surface area contributed by atoms with Gasteiger partial charge >= 0.3 is 0 Å². The van der Waals surface area contributed by atoms with Crippen LogP contribution >= 0.6 is 27.5 Å². The molecule has 0 aliphatic carbocycles. The number of hydrogen-bond donors (Lipinski definition) is 1. The summed E-state index contributed by atoms with van der Waals surface area (Å²) in [6.45, 7) is 1.76. The summed E-state index contributed by atoms with van der Waals surface area (Å²) in [7, 11) is -3.67. The van der Waals surface area contributed by atoms with Crippen molar-refractivity contribution in [2.24, 2.45) is 0 Å². The van der Waals surface area contributed by atoms with Crippen molar-refractivity contribution in [1.29, 1.82) is 0 Å². The summed E-state index contributed by atoms with van der Waals surface area (Å²) in [4.78, 5) is 4.06. The first-order valence-electron chi connectivity index (χ1n) is 5.73. The minimum atomic E-state index is -3.67. The normalized spacial score (nSPS) is 11.3. The van der Waals surface area contributed by atoms with E-state index in [2.05, 4.69) is 25.6 Å². The van der Waals surface area contributed by atoms with Gasteiger partial charge in [-0.1, -0.05) is 39.7 Å². The molecule has 0 aliphatic rings. The topological polar surface area (TPSA) is 59.1 Å². The second-order valence-electron chi connectivity index (χ2n) is 4.18. The molecule has 0 fully saturated rings. The monoisotopic (exact) mass is 374 g/mol. The average Bonchev–Trinajstić information content (AvgIpc) is 2.43. The molecule has 0 saturated heterocycles. The number of aryl methyl sites for hydroxylation is 1. The van der Waals surface area contributed by atoms with Gasteiger partial charge in [0.05, 0.1) is 10.6 Å². The van der Waals surface area contributed by atoms with E-state index < -0.39 is 10.0 Å². The Morgan fingerprint density at radius 1 is 1.25 bits per heavy atom. The first-order valence-corrected chi connectivity index (χ1v) is 8.71. The van der Waals surface area contributed by atoms with Gasteiger partial charge in [0.1, 0.15) is 0 Å². The molecule has 20 heavy (non-hydrogen) atoms. The Bertz CT molecular complexity index is 697. The Morgan fingerprint density at radius 3 is 2.45 bits per heavy atom. The number of sulfonamides is 1. The Morgan fingerprint density at radius 2 is 1.90 bits per heavy atom. The van der Waals surface area contributed by atoms with E-state index in [0.29, 0.717) is 16.6 Å². The van der Waals surface area contributed by atoms with Crippen molar-refractivity contribution in [3.63, 3.8) is 0 Å². The number of nitrogens with zero attached hydrogens (tertiary/aromatic N) is 1. The van der Waals surface area contributed by atoms with Crippen LogP contribution in [0.15, 0.2) is 41.4 Å². The van der Waals surface area contributed by atoms with Crippen molar-refractivity contribution in [3.8, 4) is 0 Å². The van der Waals surface area contributed by atoms with Crippen molar-refractivity contribution in [2.75, 3.05) is 4.72 Å². The van der Waals surface area contributed by atoms with Crippen LogP contribution in [0.25, 0.3) is 0 Å². The molecule has 0 spiro atoms. The number of alkyl halides is 1. The van der Waals surface area contributed by atoms with E-state index in [1.807, 2.05) is 0 Å². The van der Waals surface area contributed by atoms with E-state index in [4.69, 9.17) is 11.6 Å². The molecule has 0 aliphatic heterocycles. The van der Waals surface area contributed by atoms with E-state index in [-0.39, 0.29) is 10.0 Å². The van der Waals surface area contributed by atoms with Crippen LogP contribution in [-0.4, -0.2) is 13.4 Å². The van der Waals surface area contributed by atoms with Gasteiger partial charge in [-0.05, 0) is 36.2 Å². The minimum absolute atomic E-state index is 0.130. The van der Waals surface area contributed by atoms with Gasteiger partial charge < -0.3 is 0 Å². The molecule has 2 rings (SSSR count). The maximum atomic E-state index is 12.3. The maximum absolute atomic E-state index is 12.3. The van der Waals surface area contributed by atoms with Gasteiger partial charge in [-0.15, -0.1) is 0 Å². The molecule has 1 heterocycles. The third-order valence-electron chi connectivity index (χ3n) is 2.74. The zero-order valence-corrected chi connectivity index (χ0v) is 13.8. The predicted octanol–water partition coefficient (Wildman–Crippen LogP) is 3.74. The fourth-order valence-corrected chi connectivity index (χ4v) is 3.42. The van der Waals surface area contributed by atoms with Crippen LogP contribution in [0.2, 0.25) is 5.15 Å². The SMILES string of the molecule is Cc1ccnc(Cl)c1NS(=O)(=O)c1ccc(CBr)cc1. The number of pyridine rings is 1. The van der Waals surface area contributed by atoms with E-state index in [1.54, 1.807) is 37.3 Å². The lowest BCUT2D eigenvalue weighted by Crippen LogP contribution is -2.14. The van der Waals surface area contributed by atoms with Gasteiger partial charge in [0, 0.05) is 11.5 Å². The Hall–Kier alpha value is -1.11. The molecule has 2 aromatic rings. The lowest BCUT2D eigenvalue weighted by atomic mass is 10.2. The number of rotatable bonds is 4. The summed E-state index contributed by atoms with van der Waals surface area (Å²) in [5.41, 5.74) is 2.02. The Labute approximate surface area is 131 Å². The van der Waals surface area contributed by atoms with Gasteiger partial charge in [0.2, 0.25) is 0 Å². The number of aromatic nitrogens is 1. The van der Waals surface area contributed by atoms with Crippen LogP contribution in [0.3, 0.4) is 0 Å². The number of hydrogen-bond acceptors (Lipinski definition) is 3. The zero-order chi connectivity index (χ0) is 14.8. The van der Waals surface area contributed by atoms with Crippen molar-refractivity contribution in [2.45, 2.75) is 17.1 Å². The molecule has 0 unspecified atom stereocenters. The molecule has 7 heteroatoms. The van der Waals surface area contributed by atoms with Crippen LogP contribution in [0, 0.1) is 6.92 Å². The summed E-state index contributed by atoms with van der Waals surface area (Å²) in [5, 5.41) is 0.805. The molecule has 0 bridgehead atoms. The fourth-order valence-electron chi connectivity index (χ4n) is 1.60. The van der Waals surface area contributed by atoms with E-state index in [0.717, 1.165) is 5.56 Å². The molecular weight excluding hydrogens is 364 g/mol. The van der Waals surface area contributed by atoms with Crippen LogP contribution in [0.4, 0.5) is 5.69 Å². The van der Waals surface area contributed by atoms with Gasteiger partial charge in [-0.3, -0.25) is 4.72 Å². The largest absolute Gasteiger partial charge is 0.276 e. The molecule has 0 amide bonds. The summed E-state index contributed by atoms with van der Waals surface area (Å²) >= 11 is 9.24. The first-order chi connectivity index (χ1) is 9.44. The molecule has 1 aromatic heterocycles. The highest BCUT2D eigenvalue weighted by Crippen LogP contribution is 2.26. The summed E-state index contributed by atoms with van der Waals surface area (Å²) in [6.07, 6.45) is 1.53.